The second kappa shape index (κ2) is 5.98. The van der Waals surface area contributed by atoms with Gasteiger partial charge in [0.15, 0.2) is 0 Å². The molecule has 0 aromatic heterocycles. The number of nitrogens with zero attached hydrogens (tertiary/aromatic N) is 2. The number of thioether (sulfide) groups is 1. The number of non-ortho nitro benzene ring substituents is 1. The van der Waals surface area contributed by atoms with E-state index < -0.39 is 4.92 Å². The summed E-state index contributed by atoms with van der Waals surface area (Å²) in [6.45, 7) is 0. The molecule has 2 aromatic carbocycles. The lowest BCUT2D eigenvalue weighted by Crippen LogP contribution is -2.27. The van der Waals surface area contributed by atoms with Crippen LogP contribution in [0.1, 0.15) is 10.9 Å². The molecule has 2 aromatic rings. The smallest absolute Gasteiger partial charge is 0.269 e. The summed E-state index contributed by atoms with van der Waals surface area (Å²) in [6, 6.07) is 13.4. The highest BCUT2D eigenvalue weighted by atomic mass is 35.5. The van der Waals surface area contributed by atoms with Crippen molar-refractivity contribution in [2.24, 2.45) is 0 Å². The fourth-order valence-electron chi connectivity index (χ4n) is 2.31. The van der Waals surface area contributed by atoms with Crippen LogP contribution in [0.4, 0.5) is 11.4 Å². The highest BCUT2D eigenvalue weighted by Gasteiger charge is 2.34. The number of hydrogen-bond donors (Lipinski definition) is 0. The number of carbonyl (C=O) groups excluding carboxylic acids is 1. The standard InChI is InChI=1S/C15H11ClN2O3S/c16-11-3-7-12(8-4-11)17-14(19)9-22-15(17)10-1-5-13(6-2-10)18(20)21/h1-8,15H,9H2. The fourth-order valence-corrected chi connectivity index (χ4v) is 3.62. The maximum Gasteiger partial charge on any atom is 0.269 e. The molecule has 112 valence electrons. The SMILES string of the molecule is O=C1CSC(c2ccc([N+](=O)[O-])cc2)N1c1ccc(Cl)cc1. The van der Waals surface area contributed by atoms with Crippen LogP contribution in [0.15, 0.2) is 48.5 Å². The van der Waals surface area contributed by atoms with Crippen molar-refractivity contribution in [3.05, 3.63) is 69.2 Å². The number of rotatable bonds is 3. The number of benzene rings is 2. The van der Waals surface area contributed by atoms with Gasteiger partial charge in [-0.15, -0.1) is 11.8 Å². The van der Waals surface area contributed by atoms with E-state index in [9.17, 15) is 14.9 Å². The molecule has 1 fully saturated rings. The van der Waals surface area contributed by atoms with Crippen molar-refractivity contribution in [2.45, 2.75) is 5.37 Å². The Morgan fingerprint density at radius 3 is 2.36 bits per heavy atom. The third kappa shape index (κ3) is 2.80. The first-order chi connectivity index (χ1) is 10.6. The van der Waals surface area contributed by atoms with E-state index in [-0.39, 0.29) is 17.0 Å². The monoisotopic (exact) mass is 334 g/mol. The van der Waals surface area contributed by atoms with E-state index in [2.05, 4.69) is 0 Å². The van der Waals surface area contributed by atoms with Crippen molar-refractivity contribution < 1.29 is 9.72 Å². The van der Waals surface area contributed by atoms with Gasteiger partial charge in [0.1, 0.15) is 5.37 Å². The molecule has 0 radical (unpaired) electrons. The molecule has 1 heterocycles. The average molecular weight is 335 g/mol. The second-order valence-electron chi connectivity index (χ2n) is 4.75. The Morgan fingerprint density at radius 2 is 1.77 bits per heavy atom. The van der Waals surface area contributed by atoms with Gasteiger partial charge in [0, 0.05) is 22.8 Å². The lowest BCUT2D eigenvalue weighted by Gasteiger charge is -2.24. The van der Waals surface area contributed by atoms with E-state index in [4.69, 9.17) is 11.6 Å². The number of nitro groups is 1. The highest BCUT2D eigenvalue weighted by molar-refractivity contribution is 8.00. The zero-order chi connectivity index (χ0) is 15.7. The van der Waals surface area contributed by atoms with E-state index in [0.29, 0.717) is 10.8 Å². The highest BCUT2D eigenvalue weighted by Crippen LogP contribution is 2.42. The number of amides is 1. The van der Waals surface area contributed by atoms with Gasteiger partial charge in [0.05, 0.1) is 10.7 Å². The molecule has 1 aliphatic heterocycles. The van der Waals surface area contributed by atoms with E-state index in [1.807, 2.05) is 0 Å². The van der Waals surface area contributed by atoms with E-state index in [0.717, 1.165) is 11.3 Å². The van der Waals surface area contributed by atoms with Crippen molar-refractivity contribution >= 4 is 40.6 Å². The van der Waals surface area contributed by atoms with Crippen molar-refractivity contribution in [1.82, 2.24) is 0 Å². The number of hydrogen-bond acceptors (Lipinski definition) is 4. The number of nitro benzene ring substituents is 1. The maximum atomic E-state index is 12.2. The quantitative estimate of drug-likeness (QED) is 0.628. The molecule has 1 saturated heterocycles. The molecule has 0 bridgehead atoms. The maximum absolute atomic E-state index is 12.2. The Morgan fingerprint density at radius 1 is 1.14 bits per heavy atom. The van der Waals surface area contributed by atoms with Crippen LogP contribution in [0.25, 0.3) is 0 Å². The number of anilines is 1. The summed E-state index contributed by atoms with van der Waals surface area (Å²) in [5.74, 6) is 0.389. The Balaban J connectivity index is 1.93. The number of halogens is 1. The molecule has 0 N–H and O–H groups in total. The van der Waals surface area contributed by atoms with E-state index in [1.54, 1.807) is 41.3 Å². The molecular weight excluding hydrogens is 324 g/mol. The van der Waals surface area contributed by atoms with Gasteiger partial charge in [-0.25, -0.2) is 0 Å². The molecular formula is C15H11ClN2O3S. The van der Waals surface area contributed by atoms with Crippen LogP contribution in [0.3, 0.4) is 0 Å². The minimum atomic E-state index is -0.437. The zero-order valence-electron chi connectivity index (χ0n) is 11.3. The van der Waals surface area contributed by atoms with Gasteiger partial charge < -0.3 is 0 Å². The molecule has 0 aliphatic carbocycles. The molecule has 22 heavy (non-hydrogen) atoms. The molecule has 7 heteroatoms. The Bertz CT molecular complexity index is 719. The molecule has 1 amide bonds. The topological polar surface area (TPSA) is 63.4 Å². The summed E-state index contributed by atoms with van der Waals surface area (Å²) in [5, 5.41) is 11.1. The Hall–Kier alpha value is -2.05. The van der Waals surface area contributed by atoms with Gasteiger partial charge in [-0.2, -0.15) is 0 Å². The minimum absolute atomic E-state index is 0.00988. The third-order valence-corrected chi connectivity index (χ3v) is 4.83. The average Bonchev–Trinajstić information content (AvgIpc) is 2.90. The van der Waals surface area contributed by atoms with E-state index in [1.165, 1.54) is 23.9 Å². The summed E-state index contributed by atoms with van der Waals surface area (Å²) in [5.41, 5.74) is 1.66. The van der Waals surface area contributed by atoms with E-state index >= 15 is 0 Å². The first-order valence-electron chi connectivity index (χ1n) is 6.50. The van der Waals surface area contributed by atoms with Gasteiger partial charge in [-0.3, -0.25) is 19.8 Å². The first-order valence-corrected chi connectivity index (χ1v) is 7.92. The van der Waals surface area contributed by atoms with Crippen molar-refractivity contribution in [3.8, 4) is 0 Å². The molecule has 1 unspecified atom stereocenters. The molecule has 0 saturated carbocycles. The fraction of sp³-hybridized carbons (Fsp3) is 0.133. The summed E-state index contributed by atoms with van der Waals surface area (Å²) < 4.78 is 0. The van der Waals surface area contributed by atoms with Crippen LogP contribution in [-0.2, 0) is 4.79 Å². The zero-order valence-corrected chi connectivity index (χ0v) is 12.9. The first kappa shape index (κ1) is 14.9. The van der Waals surface area contributed by atoms with Gasteiger partial charge in [0.25, 0.3) is 5.69 Å². The van der Waals surface area contributed by atoms with Gasteiger partial charge in [-0.05, 0) is 42.0 Å². The number of carbonyl (C=O) groups is 1. The van der Waals surface area contributed by atoms with Crippen LogP contribution in [0, 0.1) is 10.1 Å². The predicted octanol–water partition coefficient (Wildman–Crippen LogP) is 4.03. The summed E-state index contributed by atoms with van der Waals surface area (Å²) in [6.07, 6.45) is 0. The predicted molar refractivity (Wildman–Crippen MR) is 87.2 cm³/mol. The lowest BCUT2D eigenvalue weighted by molar-refractivity contribution is -0.384. The molecule has 5 nitrogen and oxygen atoms in total. The van der Waals surface area contributed by atoms with Crippen molar-refractivity contribution in [2.75, 3.05) is 10.7 Å². The Labute approximate surface area is 136 Å². The Kier molecular flexibility index (Phi) is 4.04. The molecule has 1 atom stereocenters. The van der Waals surface area contributed by atoms with Crippen molar-refractivity contribution in [1.29, 1.82) is 0 Å². The van der Waals surface area contributed by atoms with Gasteiger partial charge in [0.2, 0.25) is 5.91 Å². The van der Waals surface area contributed by atoms with Crippen LogP contribution in [0.2, 0.25) is 5.02 Å². The van der Waals surface area contributed by atoms with Crippen LogP contribution in [0.5, 0.6) is 0 Å². The van der Waals surface area contributed by atoms with Crippen LogP contribution in [-0.4, -0.2) is 16.6 Å². The van der Waals surface area contributed by atoms with Gasteiger partial charge in [-0.1, -0.05) is 11.6 Å². The minimum Gasteiger partial charge on any atom is -0.295 e. The third-order valence-electron chi connectivity index (χ3n) is 3.36. The lowest BCUT2D eigenvalue weighted by atomic mass is 10.1. The summed E-state index contributed by atoms with van der Waals surface area (Å²) in [4.78, 5) is 24.2. The summed E-state index contributed by atoms with van der Waals surface area (Å²) in [7, 11) is 0. The van der Waals surface area contributed by atoms with Crippen LogP contribution >= 0.6 is 23.4 Å². The second-order valence-corrected chi connectivity index (χ2v) is 6.26. The molecule has 0 spiro atoms. The summed E-state index contributed by atoms with van der Waals surface area (Å²) >= 11 is 7.38. The van der Waals surface area contributed by atoms with Crippen LogP contribution < -0.4 is 4.90 Å². The normalized spacial score (nSPS) is 17.8. The van der Waals surface area contributed by atoms with Gasteiger partial charge >= 0.3 is 0 Å². The largest absolute Gasteiger partial charge is 0.295 e. The molecule has 3 rings (SSSR count). The molecule has 1 aliphatic rings. The van der Waals surface area contributed by atoms with Crippen molar-refractivity contribution in [3.63, 3.8) is 0 Å².